The van der Waals surface area contributed by atoms with Crippen molar-refractivity contribution in [2.75, 3.05) is 26.0 Å². The highest BCUT2D eigenvalue weighted by Crippen LogP contribution is 2.27. The number of nitrogens with one attached hydrogen (secondary N) is 2. The first-order valence-corrected chi connectivity index (χ1v) is 7.95. The van der Waals surface area contributed by atoms with Gasteiger partial charge in [0.05, 0.1) is 19.1 Å². The van der Waals surface area contributed by atoms with Crippen molar-refractivity contribution in [2.24, 2.45) is 0 Å². The summed E-state index contributed by atoms with van der Waals surface area (Å²) in [6.07, 6.45) is 0. The minimum atomic E-state index is -0.575. The van der Waals surface area contributed by atoms with E-state index in [2.05, 4.69) is 5.32 Å². The van der Waals surface area contributed by atoms with Crippen LogP contribution in [0.25, 0.3) is 0 Å². The molecule has 0 fully saturated rings. The summed E-state index contributed by atoms with van der Waals surface area (Å²) in [5.74, 6) is 0.442. The van der Waals surface area contributed by atoms with Crippen molar-refractivity contribution in [3.63, 3.8) is 0 Å². The summed E-state index contributed by atoms with van der Waals surface area (Å²) in [7, 11) is 3.47. The van der Waals surface area contributed by atoms with Gasteiger partial charge in [-0.15, -0.1) is 0 Å². The molecule has 0 spiro atoms. The van der Waals surface area contributed by atoms with Crippen molar-refractivity contribution in [1.29, 1.82) is 0 Å². The van der Waals surface area contributed by atoms with Gasteiger partial charge in [-0.05, 0) is 24.3 Å². The molecule has 0 saturated carbocycles. The van der Waals surface area contributed by atoms with Gasteiger partial charge in [-0.1, -0.05) is 23.7 Å². The molecule has 1 atom stereocenters. The van der Waals surface area contributed by atoms with Crippen LogP contribution in [0.1, 0.15) is 5.56 Å². The highest BCUT2D eigenvalue weighted by atomic mass is 35.5. The van der Waals surface area contributed by atoms with E-state index in [-0.39, 0.29) is 28.8 Å². The number of anilines is 1. The molecule has 7 nitrogen and oxygen atoms in total. The number of rotatable bonds is 7. The van der Waals surface area contributed by atoms with Gasteiger partial charge in [-0.2, -0.15) is 0 Å². The lowest BCUT2D eigenvalue weighted by atomic mass is 10.2. The quantitative estimate of drug-likeness (QED) is 0.580. The van der Waals surface area contributed by atoms with Crippen LogP contribution in [-0.4, -0.2) is 31.5 Å². The molecule has 2 N–H and O–H groups in total. The fourth-order valence-corrected chi connectivity index (χ4v) is 2.59. The molecule has 0 aliphatic heterocycles. The standard InChI is InChI=1S/C17H18ClN3O4/c1-20(10-12-4-3-5-14(8-12)25-2)11-17(22)19-15-7-6-13(18)9-16(15)21(23)24/h3-9H,10-11H2,1-2H3,(H,19,22)/p+1. The van der Waals surface area contributed by atoms with Gasteiger partial charge in [-0.3, -0.25) is 14.9 Å². The summed E-state index contributed by atoms with van der Waals surface area (Å²) in [4.78, 5) is 23.6. The van der Waals surface area contributed by atoms with Crippen LogP contribution in [0.3, 0.4) is 0 Å². The molecule has 25 heavy (non-hydrogen) atoms. The number of halogens is 1. The molecular weight excluding hydrogens is 346 g/mol. The monoisotopic (exact) mass is 364 g/mol. The molecule has 1 amide bonds. The van der Waals surface area contributed by atoms with E-state index >= 15 is 0 Å². The predicted molar refractivity (Wildman–Crippen MR) is 95.2 cm³/mol. The second-order valence-electron chi connectivity index (χ2n) is 5.63. The zero-order chi connectivity index (χ0) is 18.4. The third kappa shape index (κ3) is 5.44. The summed E-state index contributed by atoms with van der Waals surface area (Å²) in [6.45, 7) is 0.782. The first kappa shape index (κ1) is 18.7. The molecule has 0 heterocycles. The van der Waals surface area contributed by atoms with Crippen LogP contribution in [0.15, 0.2) is 42.5 Å². The number of hydrogen-bond acceptors (Lipinski definition) is 4. The number of methoxy groups -OCH3 is 1. The highest BCUT2D eigenvalue weighted by molar-refractivity contribution is 6.31. The van der Waals surface area contributed by atoms with E-state index < -0.39 is 4.92 Å². The average molecular weight is 365 g/mol. The van der Waals surface area contributed by atoms with E-state index in [4.69, 9.17) is 16.3 Å². The van der Waals surface area contributed by atoms with Gasteiger partial charge >= 0.3 is 0 Å². The minimum Gasteiger partial charge on any atom is -0.497 e. The van der Waals surface area contributed by atoms with E-state index in [1.165, 1.54) is 18.2 Å². The molecule has 0 aliphatic rings. The second kappa shape index (κ2) is 8.46. The lowest BCUT2D eigenvalue weighted by molar-refractivity contribution is -0.885. The number of hydrogen-bond donors (Lipinski definition) is 2. The molecule has 0 aliphatic carbocycles. The third-order valence-electron chi connectivity index (χ3n) is 3.53. The minimum absolute atomic E-state index is 0.133. The van der Waals surface area contributed by atoms with Crippen LogP contribution >= 0.6 is 11.6 Å². The van der Waals surface area contributed by atoms with Gasteiger partial charge in [0.25, 0.3) is 11.6 Å². The predicted octanol–water partition coefficient (Wildman–Crippen LogP) is 1.91. The fraction of sp³-hybridized carbons (Fsp3) is 0.235. The number of likely N-dealkylation sites (N-methyl/N-ethyl adjacent to an activating group) is 1. The lowest BCUT2D eigenvalue weighted by Crippen LogP contribution is -3.08. The van der Waals surface area contributed by atoms with Crippen molar-refractivity contribution in [2.45, 2.75) is 6.54 Å². The van der Waals surface area contributed by atoms with Gasteiger partial charge in [0, 0.05) is 16.7 Å². The second-order valence-corrected chi connectivity index (χ2v) is 6.07. The smallest absolute Gasteiger partial charge is 0.294 e. The molecule has 0 bridgehead atoms. The van der Waals surface area contributed by atoms with Crippen molar-refractivity contribution >= 4 is 28.9 Å². The lowest BCUT2D eigenvalue weighted by Gasteiger charge is -2.14. The molecule has 0 saturated heterocycles. The van der Waals surface area contributed by atoms with Crippen molar-refractivity contribution in [1.82, 2.24) is 0 Å². The van der Waals surface area contributed by atoms with Crippen LogP contribution in [0, 0.1) is 10.1 Å². The maximum absolute atomic E-state index is 12.2. The van der Waals surface area contributed by atoms with E-state index in [9.17, 15) is 14.9 Å². The maximum Gasteiger partial charge on any atom is 0.294 e. The Bertz CT molecular complexity index is 782. The van der Waals surface area contributed by atoms with Crippen molar-refractivity contribution in [3.8, 4) is 5.75 Å². The van der Waals surface area contributed by atoms with Gasteiger partial charge in [0.15, 0.2) is 6.54 Å². The normalized spacial score (nSPS) is 11.6. The maximum atomic E-state index is 12.2. The van der Waals surface area contributed by atoms with Gasteiger partial charge in [-0.25, -0.2) is 0 Å². The zero-order valence-corrected chi connectivity index (χ0v) is 14.7. The van der Waals surface area contributed by atoms with Crippen LogP contribution in [0.5, 0.6) is 5.75 Å². The Morgan fingerprint density at radius 3 is 2.76 bits per heavy atom. The number of carbonyl (C=O) groups is 1. The Hall–Kier alpha value is -2.64. The molecule has 0 radical (unpaired) electrons. The first-order valence-electron chi connectivity index (χ1n) is 7.57. The van der Waals surface area contributed by atoms with Crippen LogP contribution < -0.4 is 15.0 Å². The number of quaternary nitrogens is 1. The summed E-state index contributed by atoms with van der Waals surface area (Å²) in [6, 6.07) is 11.7. The number of amides is 1. The van der Waals surface area contributed by atoms with Crippen LogP contribution in [0.4, 0.5) is 11.4 Å². The molecule has 2 aromatic rings. The molecule has 8 heteroatoms. The average Bonchev–Trinajstić information content (AvgIpc) is 2.56. The zero-order valence-electron chi connectivity index (χ0n) is 13.9. The number of nitro benzene ring substituents is 1. The van der Waals surface area contributed by atoms with Gasteiger partial charge < -0.3 is 15.0 Å². The van der Waals surface area contributed by atoms with Gasteiger partial charge in [0.1, 0.15) is 18.0 Å². The molecule has 0 aromatic heterocycles. The molecule has 132 valence electrons. The van der Waals surface area contributed by atoms with Crippen LogP contribution in [0.2, 0.25) is 5.02 Å². The summed E-state index contributed by atoms with van der Waals surface area (Å²) < 4.78 is 5.18. The van der Waals surface area contributed by atoms with Crippen LogP contribution in [-0.2, 0) is 11.3 Å². The number of nitrogens with zero attached hydrogens (tertiary/aromatic N) is 1. The Labute approximate surface area is 150 Å². The Balaban J connectivity index is 1.99. The first-order chi connectivity index (χ1) is 11.9. The largest absolute Gasteiger partial charge is 0.497 e. The number of nitro groups is 1. The topological polar surface area (TPSA) is 85.9 Å². The Morgan fingerprint density at radius 1 is 1.32 bits per heavy atom. The van der Waals surface area contributed by atoms with E-state index in [1.807, 2.05) is 31.3 Å². The number of benzene rings is 2. The fourth-order valence-electron chi connectivity index (χ4n) is 2.42. The molecule has 1 unspecified atom stereocenters. The molecule has 2 aromatic carbocycles. The van der Waals surface area contributed by atoms with E-state index in [0.717, 1.165) is 16.2 Å². The van der Waals surface area contributed by atoms with E-state index in [1.54, 1.807) is 7.11 Å². The SMILES string of the molecule is COc1cccc(C[NH+](C)CC(=O)Nc2ccc(Cl)cc2[N+](=O)[O-])c1. The summed E-state index contributed by atoms with van der Waals surface area (Å²) in [5.41, 5.74) is 0.932. The van der Waals surface area contributed by atoms with E-state index in [0.29, 0.717) is 6.54 Å². The van der Waals surface area contributed by atoms with Gasteiger partial charge in [0.2, 0.25) is 0 Å². The number of carbonyl (C=O) groups excluding carboxylic acids is 1. The Morgan fingerprint density at radius 2 is 2.08 bits per heavy atom. The highest BCUT2D eigenvalue weighted by Gasteiger charge is 2.18. The number of ether oxygens (including phenoxy) is 1. The Kier molecular flexibility index (Phi) is 6.32. The van der Waals surface area contributed by atoms with Crippen molar-refractivity contribution in [3.05, 3.63) is 63.2 Å². The van der Waals surface area contributed by atoms with Crippen molar-refractivity contribution < 1.29 is 19.4 Å². The summed E-state index contributed by atoms with van der Waals surface area (Å²) in [5, 5.41) is 13.9. The third-order valence-corrected chi connectivity index (χ3v) is 3.77. The molecular formula is C17H19ClN3O4+. The molecule has 2 rings (SSSR count). The summed E-state index contributed by atoms with van der Waals surface area (Å²) >= 11 is 5.77.